The van der Waals surface area contributed by atoms with Crippen LogP contribution in [0.2, 0.25) is 0 Å². The number of hydrogen-bond donors (Lipinski definition) is 3. The lowest BCUT2D eigenvalue weighted by Gasteiger charge is -2.33. The van der Waals surface area contributed by atoms with E-state index >= 15 is 0 Å². The molecule has 178 valence electrons. The predicted octanol–water partition coefficient (Wildman–Crippen LogP) is 3.47. The molecule has 0 bridgehead atoms. The van der Waals surface area contributed by atoms with Crippen molar-refractivity contribution < 1.29 is 14.6 Å². The average Bonchev–Trinajstić information content (AvgIpc) is 3.31. The van der Waals surface area contributed by atoms with Crippen molar-refractivity contribution in [2.45, 2.75) is 38.9 Å². The van der Waals surface area contributed by atoms with Crippen molar-refractivity contribution in [2.24, 2.45) is 4.99 Å². The van der Waals surface area contributed by atoms with Crippen molar-refractivity contribution in [1.29, 1.82) is 0 Å². The molecule has 0 unspecified atom stereocenters. The van der Waals surface area contributed by atoms with Crippen molar-refractivity contribution >= 4 is 41.3 Å². The Balaban J connectivity index is 0.00000363. The van der Waals surface area contributed by atoms with E-state index < -0.39 is 0 Å². The molecule has 0 amide bonds. The number of nitrogens with one attached hydrogen (secondary N) is 2. The summed E-state index contributed by atoms with van der Waals surface area (Å²) in [6, 6.07) is 8.42. The maximum Gasteiger partial charge on any atom is 0.191 e. The minimum Gasteiger partial charge on any atom is -0.493 e. The van der Waals surface area contributed by atoms with Gasteiger partial charge in [-0.1, -0.05) is 6.07 Å². The molecule has 1 fully saturated rings. The average molecular weight is 575 g/mol. The van der Waals surface area contributed by atoms with E-state index in [1.807, 2.05) is 18.2 Å². The van der Waals surface area contributed by atoms with E-state index in [9.17, 15) is 0 Å². The number of halogens is 1. The fourth-order valence-electron chi connectivity index (χ4n) is 3.65. The van der Waals surface area contributed by atoms with Gasteiger partial charge < -0.3 is 25.2 Å². The molecule has 2 aromatic rings. The van der Waals surface area contributed by atoms with Gasteiger partial charge in [-0.3, -0.25) is 4.90 Å². The normalized spacial score (nSPS) is 15.2. The highest BCUT2D eigenvalue weighted by Crippen LogP contribution is 2.28. The largest absolute Gasteiger partial charge is 0.493 e. The van der Waals surface area contributed by atoms with Crippen molar-refractivity contribution in [3.63, 3.8) is 0 Å². The van der Waals surface area contributed by atoms with Crippen molar-refractivity contribution in [1.82, 2.24) is 15.5 Å². The zero-order chi connectivity index (χ0) is 21.9. The quantitative estimate of drug-likeness (QED) is 0.229. The van der Waals surface area contributed by atoms with Crippen LogP contribution in [0.4, 0.5) is 0 Å². The second-order valence-corrected chi connectivity index (χ2v) is 8.36. The summed E-state index contributed by atoms with van der Waals surface area (Å²) in [7, 11) is 1.62. The van der Waals surface area contributed by atoms with Gasteiger partial charge in [0.2, 0.25) is 0 Å². The van der Waals surface area contributed by atoms with Crippen molar-refractivity contribution in [2.75, 3.05) is 40.0 Å². The number of methoxy groups -OCH3 is 1. The summed E-state index contributed by atoms with van der Waals surface area (Å²) >= 11 is 1.76. The maximum absolute atomic E-state index is 8.95. The number of ether oxygens (including phenoxy) is 2. The first-order valence-corrected chi connectivity index (χ1v) is 11.8. The molecule has 0 radical (unpaired) electrons. The smallest absolute Gasteiger partial charge is 0.191 e. The standard InChI is InChI=1S/C23H34N4O3S.HI/c1-3-24-23(25-15-18-4-5-21(30-12-11-28)22(14-18)29-2)26-20-6-9-27(10-7-20)16-19-8-13-31-17-19;/h4-5,8,13-14,17,20,28H,3,6-7,9-12,15-16H2,1-2H3,(H2,24,25,26);1H. The molecule has 1 aromatic carbocycles. The number of hydrogen-bond acceptors (Lipinski definition) is 6. The lowest BCUT2D eigenvalue weighted by atomic mass is 10.0. The third-order valence-corrected chi connectivity index (χ3v) is 5.99. The van der Waals surface area contributed by atoms with E-state index in [4.69, 9.17) is 19.6 Å². The van der Waals surface area contributed by atoms with Gasteiger partial charge in [0.25, 0.3) is 0 Å². The topological polar surface area (TPSA) is 78.4 Å². The van der Waals surface area contributed by atoms with Gasteiger partial charge in [-0.2, -0.15) is 11.3 Å². The Morgan fingerprint density at radius 2 is 2.03 bits per heavy atom. The molecule has 1 aliphatic heterocycles. The van der Waals surface area contributed by atoms with Gasteiger partial charge in [-0.05, 0) is 59.9 Å². The molecule has 1 aliphatic rings. The van der Waals surface area contributed by atoms with Gasteiger partial charge in [0.1, 0.15) is 6.61 Å². The first-order chi connectivity index (χ1) is 15.2. The lowest BCUT2D eigenvalue weighted by Crippen LogP contribution is -2.48. The summed E-state index contributed by atoms with van der Waals surface area (Å²) in [6.45, 7) is 6.90. The summed E-state index contributed by atoms with van der Waals surface area (Å²) in [5, 5.41) is 20.3. The molecule has 0 spiro atoms. The summed E-state index contributed by atoms with van der Waals surface area (Å²) in [5.41, 5.74) is 2.45. The van der Waals surface area contributed by atoms with Gasteiger partial charge in [-0.15, -0.1) is 24.0 Å². The van der Waals surface area contributed by atoms with Crippen LogP contribution in [0, 0.1) is 0 Å². The van der Waals surface area contributed by atoms with E-state index in [0.29, 0.717) is 24.1 Å². The lowest BCUT2D eigenvalue weighted by molar-refractivity contribution is 0.196. The van der Waals surface area contributed by atoms with E-state index in [2.05, 4.69) is 39.3 Å². The molecule has 0 saturated carbocycles. The molecule has 3 N–H and O–H groups in total. The third kappa shape index (κ3) is 8.42. The van der Waals surface area contributed by atoms with Crippen LogP contribution in [0.1, 0.15) is 30.9 Å². The van der Waals surface area contributed by atoms with Gasteiger partial charge in [0, 0.05) is 32.2 Å². The number of thiophene rings is 1. The number of aliphatic hydroxyl groups excluding tert-OH is 1. The van der Waals surface area contributed by atoms with E-state index in [1.165, 1.54) is 5.56 Å². The summed E-state index contributed by atoms with van der Waals surface area (Å²) < 4.78 is 10.9. The highest BCUT2D eigenvalue weighted by Gasteiger charge is 2.20. The number of nitrogens with zero attached hydrogens (tertiary/aromatic N) is 2. The molecule has 3 rings (SSSR count). The zero-order valence-corrected chi connectivity index (χ0v) is 22.0. The number of aliphatic imine (C=N–C) groups is 1. The van der Waals surface area contributed by atoms with E-state index in [-0.39, 0.29) is 37.2 Å². The van der Waals surface area contributed by atoms with Crippen molar-refractivity contribution in [3.05, 3.63) is 46.2 Å². The second-order valence-electron chi connectivity index (χ2n) is 7.58. The van der Waals surface area contributed by atoms with Crippen LogP contribution in [-0.2, 0) is 13.1 Å². The Morgan fingerprint density at radius 3 is 2.69 bits per heavy atom. The predicted molar refractivity (Wildman–Crippen MR) is 142 cm³/mol. The van der Waals surface area contributed by atoms with Gasteiger partial charge >= 0.3 is 0 Å². The highest BCUT2D eigenvalue weighted by atomic mass is 127. The SMILES string of the molecule is CCNC(=NCc1ccc(OCCO)c(OC)c1)NC1CCN(Cc2ccsc2)CC1.I. The summed E-state index contributed by atoms with van der Waals surface area (Å²) in [4.78, 5) is 7.30. The molecule has 0 atom stereocenters. The zero-order valence-electron chi connectivity index (χ0n) is 18.9. The fourth-order valence-corrected chi connectivity index (χ4v) is 4.30. The monoisotopic (exact) mass is 574 g/mol. The fraction of sp³-hybridized carbons (Fsp3) is 0.522. The van der Waals surface area contributed by atoms with Crippen LogP contribution in [0.25, 0.3) is 0 Å². The van der Waals surface area contributed by atoms with Gasteiger partial charge in [-0.25, -0.2) is 4.99 Å². The summed E-state index contributed by atoms with van der Waals surface area (Å²) in [6.07, 6.45) is 2.22. The maximum atomic E-state index is 8.95. The van der Waals surface area contributed by atoms with Crippen LogP contribution >= 0.6 is 35.3 Å². The van der Waals surface area contributed by atoms with E-state index in [0.717, 1.165) is 50.5 Å². The number of aliphatic hydroxyl groups is 1. The van der Waals surface area contributed by atoms with Crippen LogP contribution in [-0.4, -0.2) is 62.0 Å². The third-order valence-electron chi connectivity index (χ3n) is 5.26. The van der Waals surface area contributed by atoms with Gasteiger partial charge in [0.15, 0.2) is 17.5 Å². The molecule has 7 nitrogen and oxygen atoms in total. The molecule has 1 saturated heterocycles. The Labute approximate surface area is 212 Å². The summed E-state index contributed by atoms with van der Waals surface area (Å²) in [5.74, 6) is 2.12. The van der Waals surface area contributed by atoms with Crippen molar-refractivity contribution in [3.8, 4) is 11.5 Å². The van der Waals surface area contributed by atoms with E-state index in [1.54, 1.807) is 18.4 Å². The molecule has 32 heavy (non-hydrogen) atoms. The first-order valence-electron chi connectivity index (χ1n) is 10.9. The van der Waals surface area contributed by atoms with Gasteiger partial charge in [0.05, 0.1) is 20.3 Å². The van der Waals surface area contributed by atoms with Crippen LogP contribution in [0.15, 0.2) is 40.0 Å². The Kier molecular flexibility index (Phi) is 12.1. The second kappa shape index (κ2) is 14.6. The Bertz CT molecular complexity index is 812. The minimum absolute atomic E-state index is 0. The molecule has 0 aliphatic carbocycles. The number of guanidine groups is 1. The first kappa shape index (κ1) is 26.7. The number of likely N-dealkylation sites (tertiary alicyclic amines) is 1. The number of benzene rings is 1. The molecule has 2 heterocycles. The molecule has 1 aromatic heterocycles. The Morgan fingerprint density at radius 1 is 1.22 bits per heavy atom. The van der Waals surface area contributed by atoms with Crippen LogP contribution in [0.3, 0.4) is 0 Å². The van der Waals surface area contributed by atoms with Crippen LogP contribution < -0.4 is 20.1 Å². The molecular formula is C23H35IN4O3S. The molecule has 9 heteroatoms. The highest BCUT2D eigenvalue weighted by molar-refractivity contribution is 14.0. The Hall–Kier alpha value is -1.56. The van der Waals surface area contributed by atoms with Crippen LogP contribution in [0.5, 0.6) is 11.5 Å². The number of piperidine rings is 1. The molecular weight excluding hydrogens is 539 g/mol. The minimum atomic E-state index is -0.0280. The number of rotatable bonds is 10.